The van der Waals surface area contributed by atoms with Gasteiger partial charge < -0.3 is 19.8 Å². The average molecular weight is 466 g/mol. The van der Waals surface area contributed by atoms with Crippen LogP contribution in [-0.4, -0.2) is 45.9 Å². The Bertz CT molecular complexity index is 947. The van der Waals surface area contributed by atoms with Crippen LogP contribution in [0.15, 0.2) is 54.6 Å². The molecule has 9 heteroatoms. The molecule has 1 aliphatic rings. The molecule has 0 unspecified atom stereocenters. The van der Waals surface area contributed by atoms with Gasteiger partial charge >= 0.3 is 12.1 Å². The lowest BCUT2D eigenvalue weighted by molar-refractivity contribution is -0.135. The van der Waals surface area contributed by atoms with Gasteiger partial charge in [0, 0.05) is 23.4 Å². The minimum Gasteiger partial charge on any atom is -0.449 e. The number of likely N-dealkylation sites (tertiary alicyclic amines) is 1. The van der Waals surface area contributed by atoms with Gasteiger partial charge in [0.25, 0.3) is 0 Å². The molecule has 2 aromatic rings. The van der Waals surface area contributed by atoms with Crippen LogP contribution >= 0.6 is 11.3 Å². The first-order valence-corrected chi connectivity index (χ1v) is 11.2. The number of carboxylic acid groups (broad SMARTS) is 1. The predicted molar refractivity (Wildman–Crippen MR) is 116 cm³/mol. The summed E-state index contributed by atoms with van der Waals surface area (Å²) in [5.41, 5.74) is -0.268. The van der Waals surface area contributed by atoms with Crippen molar-refractivity contribution in [1.82, 2.24) is 4.90 Å². The summed E-state index contributed by atoms with van der Waals surface area (Å²) in [5.74, 6) is -3.48. The standard InChI is InChI=1S/C23H25F2NO5S/c24-23(25,16-6-2-1-3-7-16)19(27)13-11-17-8-4-10-20(28)26(17)15-5-9-18-12-14-21(32-18)31-22(29)30/h1-3,6-7,11-14,17,19,27H,4-5,8-10,15H2,(H,29,30)/b13-11+/t17-,19-/m1/s1. The lowest BCUT2D eigenvalue weighted by Crippen LogP contribution is -2.43. The number of rotatable bonds is 9. The minimum atomic E-state index is -3.43. The monoisotopic (exact) mass is 465 g/mol. The fraction of sp³-hybridized carbons (Fsp3) is 0.391. The number of halogens is 2. The first-order chi connectivity index (χ1) is 15.3. The molecule has 1 amide bonds. The molecule has 1 aliphatic heterocycles. The Morgan fingerprint density at radius 2 is 2.03 bits per heavy atom. The summed E-state index contributed by atoms with van der Waals surface area (Å²) in [6.45, 7) is 0.437. The van der Waals surface area contributed by atoms with E-state index in [0.717, 1.165) is 11.0 Å². The third-order valence-electron chi connectivity index (χ3n) is 5.30. The van der Waals surface area contributed by atoms with Crippen LogP contribution in [0.1, 0.15) is 36.1 Å². The summed E-state index contributed by atoms with van der Waals surface area (Å²) in [7, 11) is 0. The number of thiophene rings is 1. The van der Waals surface area contributed by atoms with Gasteiger partial charge in [-0.2, -0.15) is 8.78 Å². The van der Waals surface area contributed by atoms with E-state index < -0.39 is 18.2 Å². The minimum absolute atomic E-state index is 0.0451. The summed E-state index contributed by atoms with van der Waals surface area (Å²) in [6.07, 6.45) is 2.18. The first kappa shape index (κ1) is 23.9. The number of hydrogen-bond donors (Lipinski definition) is 2. The van der Waals surface area contributed by atoms with E-state index in [1.165, 1.54) is 41.7 Å². The van der Waals surface area contributed by atoms with Gasteiger partial charge in [0.1, 0.15) is 6.10 Å². The van der Waals surface area contributed by atoms with Crippen LogP contribution in [0.25, 0.3) is 0 Å². The van der Waals surface area contributed by atoms with Crippen molar-refractivity contribution in [3.8, 4) is 5.06 Å². The van der Waals surface area contributed by atoms with E-state index in [0.29, 0.717) is 38.6 Å². The van der Waals surface area contributed by atoms with Crippen LogP contribution in [0, 0.1) is 0 Å². The zero-order chi connectivity index (χ0) is 23.1. The molecule has 2 heterocycles. The lowest BCUT2D eigenvalue weighted by Gasteiger charge is -2.34. The van der Waals surface area contributed by atoms with E-state index in [4.69, 9.17) is 5.11 Å². The number of aliphatic hydroxyl groups is 1. The van der Waals surface area contributed by atoms with Gasteiger partial charge in [0.05, 0.1) is 6.04 Å². The van der Waals surface area contributed by atoms with Crippen molar-refractivity contribution in [1.29, 1.82) is 0 Å². The molecule has 1 saturated heterocycles. The zero-order valence-electron chi connectivity index (χ0n) is 17.3. The van der Waals surface area contributed by atoms with Gasteiger partial charge in [-0.1, -0.05) is 42.5 Å². The van der Waals surface area contributed by atoms with Crippen LogP contribution in [-0.2, 0) is 17.1 Å². The lowest BCUT2D eigenvalue weighted by atomic mass is 9.98. The molecule has 0 spiro atoms. The molecular weight excluding hydrogens is 440 g/mol. The fourth-order valence-electron chi connectivity index (χ4n) is 3.68. The number of aryl methyl sites for hydroxylation is 1. The molecule has 1 fully saturated rings. The molecule has 0 bridgehead atoms. The molecule has 2 N–H and O–H groups in total. The smallest absolute Gasteiger partial charge is 0.449 e. The van der Waals surface area contributed by atoms with Crippen LogP contribution in [0.2, 0.25) is 0 Å². The first-order valence-electron chi connectivity index (χ1n) is 10.4. The Morgan fingerprint density at radius 3 is 2.75 bits per heavy atom. The highest BCUT2D eigenvalue weighted by Gasteiger charge is 2.39. The zero-order valence-corrected chi connectivity index (χ0v) is 18.1. The molecule has 0 radical (unpaired) electrons. The maximum Gasteiger partial charge on any atom is 0.512 e. The van der Waals surface area contributed by atoms with Crippen molar-refractivity contribution in [2.45, 2.75) is 50.2 Å². The topological polar surface area (TPSA) is 87.1 Å². The van der Waals surface area contributed by atoms with E-state index in [2.05, 4.69) is 4.74 Å². The fourth-order valence-corrected chi connectivity index (χ4v) is 4.57. The van der Waals surface area contributed by atoms with Crippen molar-refractivity contribution in [2.24, 2.45) is 0 Å². The molecule has 3 rings (SSSR count). The van der Waals surface area contributed by atoms with E-state index in [9.17, 15) is 23.5 Å². The van der Waals surface area contributed by atoms with Gasteiger partial charge in [-0.15, -0.1) is 11.3 Å². The maximum absolute atomic E-state index is 14.5. The highest BCUT2D eigenvalue weighted by atomic mass is 32.1. The van der Waals surface area contributed by atoms with Crippen molar-refractivity contribution in [3.63, 3.8) is 0 Å². The van der Waals surface area contributed by atoms with Crippen LogP contribution in [0.5, 0.6) is 5.06 Å². The molecular formula is C23H25F2NO5S. The second-order valence-corrected chi connectivity index (χ2v) is 8.69. The third kappa shape index (κ3) is 6.14. The quantitative estimate of drug-likeness (QED) is 0.409. The van der Waals surface area contributed by atoms with Crippen molar-refractivity contribution >= 4 is 23.4 Å². The summed E-state index contributed by atoms with van der Waals surface area (Å²) >= 11 is 1.23. The number of piperidine rings is 1. The number of carbonyl (C=O) groups is 2. The number of benzene rings is 1. The number of carbonyl (C=O) groups excluding carboxylic acids is 1. The van der Waals surface area contributed by atoms with E-state index >= 15 is 0 Å². The number of aliphatic hydroxyl groups excluding tert-OH is 1. The van der Waals surface area contributed by atoms with Crippen molar-refractivity contribution < 1.29 is 33.3 Å². The molecule has 2 atom stereocenters. The molecule has 1 aromatic heterocycles. The second kappa shape index (κ2) is 10.7. The Hall–Kier alpha value is -2.78. The van der Waals surface area contributed by atoms with Gasteiger partial charge in [0.15, 0.2) is 5.06 Å². The summed E-state index contributed by atoms with van der Waals surface area (Å²) in [6, 6.07) is 10.2. The number of alkyl halides is 2. The number of ether oxygens (including phenoxy) is 1. The number of amides is 1. The van der Waals surface area contributed by atoms with Crippen LogP contribution in [0.4, 0.5) is 13.6 Å². The highest BCUT2D eigenvalue weighted by Crippen LogP contribution is 2.33. The SMILES string of the molecule is O=C(O)Oc1ccc(CCCN2C(=O)CCC[C@@H]2/C=C/[C@@H](O)C(F)(F)c2ccccc2)s1. The molecule has 6 nitrogen and oxygen atoms in total. The van der Waals surface area contributed by atoms with Gasteiger partial charge in [0.2, 0.25) is 5.91 Å². The normalized spacial score (nSPS) is 18.2. The van der Waals surface area contributed by atoms with E-state index in [1.54, 1.807) is 23.1 Å². The Kier molecular flexibility index (Phi) is 7.98. The van der Waals surface area contributed by atoms with Crippen molar-refractivity contribution in [3.05, 3.63) is 65.1 Å². The average Bonchev–Trinajstić information content (AvgIpc) is 3.20. The number of nitrogens with zero attached hydrogens (tertiary/aromatic N) is 1. The van der Waals surface area contributed by atoms with E-state index in [-0.39, 0.29) is 22.6 Å². The predicted octanol–water partition coefficient (Wildman–Crippen LogP) is 4.83. The molecule has 1 aromatic carbocycles. The highest BCUT2D eigenvalue weighted by molar-refractivity contribution is 7.13. The molecule has 0 aliphatic carbocycles. The molecule has 32 heavy (non-hydrogen) atoms. The number of hydrogen-bond acceptors (Lipinski definition) is 5. The van der Waals surface area contributed by atoms with E-state index in [1.807, 2.05) is 0 Å². The Labute approximate surface area is 188 Å². The largest absolute Gasteiger partial charge is 0.512 e. The van der Waals surface area contributed by atoms with Crippen LogP contribution in [0.3, 0.4) is 0 Å². The maximum atomic E-state index is 14.5. The molecule has 0 saturated carbocycles. The summed E-state index contributed by atoms with van der Waals surface area (Å²) in [4.78, 5) is 25.6. The Morgan fingerprint density at radius 1 is 1.28 bits per heavy atom. The summed E-state index contributed by atoms with van der Waals surface area (Å²) in [5, 5.41) is 19.1. The van der Waals surface area contributed by atoms with Crippen LogP contribution < -0.4 is 4.74 Å². The second-order valence-electron chi connectivity index (χ2n) is 7.56. The summed E-state index contributed by atoms with van der Waals surface area (Å²) < 4.78 is 33.7. The van der Waals surface area contributed by atoms with Gasteiger partial charge in [-0.25, -0.2) is 4.79 Å². The molecule has 172 valence electrons. The van der Waals surface area contributed by atoms with Gasteiger partial charge in [-0.05, 0) is 37.8 Å². The third-order valence-corrected chi connectivity index (χ3v) is 6.33. The van der Waals surface area contributed by atoms with Gasteiger partial charge in [-0.3, -0.25) is 4.79 Å². The van der Waals surface area contributed by atoms with Crippen molar-refractivity contribution in [2.75, 3.05) is 6.54 Å². The Balaban J connectivity index is 1.59.